The van der Waals surface area contributed by atoms with Crippen molar-refractivity contribution >= 4 is 23.4 Å². The fourth-order valence-electron chi connectivity index (χ4n) is 3.20. The van der Waals surface area contributed by atoms with E-state index >= 15 is 0 Å². The third kappa shape index (κ3) is 4.33. The summed E-state index contributed by atoms with van der Waals surface area (Å²) in [6.45, 7) is 7.16. The Morgan fingerprint density at radius 3 is 2.52 bits per heavy atom. The van der Waals surface area contributed by atoms with Gasteiger partial charge in [0, 0.05) is 18.3 Å². The van der Waals surface area contributed by atoms with Gasteiger partial charge in [0.1, 0.15) is 0 Å². The molecule has 4 heteroatoms. The number of nitrogens with zero attached hydrogens (tertiary/aromatic N) is 1. The normalized spacial score (nSPS) is 15.2. The van der Waals surface area contributed by atoms with E-state index in [0.717, 1.165) is 30.5 Å². The number of nitrogen functional groups attached to an aromatic ring is 1. The monoisotopic (exact) mass is 364 g/mol. The van der Waals surface area contributed by atoms with Gasteiger partial charge in [-0.05, 0) is 41.7 Å². The molecule has 1 amide bonds. The second kappa shape index (κ2) is 8.30. The first-order chi connectivity index (χ1) is 13.0. The third-order valence-electron chi connectivity index (χ3n) is 4.84. The van der Waals surface area contributed by atoms with Crippen LogP contribution in [-0.2, 0) is 4.79 Å². The summed E-state index contributed by atoms with van der Waals surface area (Å²) >= 11 is 0. The van der Waals surface area contributed by atoms with Gasteiger partial charge >= 0.3 is 0 Å². The van der Waals surface area contributed by atoms with Crippen molar-refractivity contribution in [3.63, 3.8) is 0 Å². The van der Waals surface area contributed by atoms with Gasteiger partial charge in [0.25, 0.3) is 5.91 Å². The van der Waals surface area contributed by atoms with Crippen molar-refractivity contribution in [2.45, 2.75) is 46.0 Å². The summed E-state index contributed by atoms with van der Waals surface area (Å²) in [4.78, 5) is 14.9. The van der Waals surface area contributed by atoms with Gasteiger partial charge in [0.15, 0.2) is 11.5 Å². The van der Waals surface area contributed by atoms with Crippen molar-refractivity contribution in [1.82, 2.24) is 0 Å². The summed E-state index contributed by atoms with van der Waals surface area (Å²) in [7, 11) is 0. The molecule has 3 rings (SSSR count). The maximum atomic E-state index is 13.0. The lowest BCUT2D eigenvalue weighted by atomic mass is 10.0. The zero-order valence-electron chi connectivity index (χ0n) is 16.4. The van der Waals surface area contributed by atoms with E-state index in [0.29, 0.717) is 29.7 Å². The van der Waals surface area contributed by atoms with Gasteiger partial charge in [-0.2, -0.15) is 0 Å². The molecule has 0 saturated heterocycles. The Balaban J connectivity index is 1.92. The van der Waals surface area contributed by atoms with E-state index in [-0.39, 0.29) is 5.91 Å². The van der Waals surface area contributed by atoms with Gasteiger partial charge in [-0.25, -0.2) is 0 Å². The average molecular weight is 364 g/mol. The highest BCUT2D eigenvalue weighted by Crippen LogP contribution is 2.37. The molecule has 27 heavy (non-hydrogen) atoms. The summed E-state index contributed by atoms with van der Waals surface area (Å²) in [6.07, 6.45) is 4.97. The van der Waals surface area contributed by atoms with Crippen molar-refractivity contribution in [2.24, 2.45) is 0 Å². The van der Waals surface area contributed by atoms with Crippen LogP contribution in [0.15, 0.2) is 48.2 Å². The quantitative estimate of drug-likeness (QED) is 0.427. The number of benzene rings is 2. The molecule has 0 aromatic heterocycles. The standard InChI is InChI=1S/C23H28N2O2/c1-4-5-6-13-25-20-12-11-19(24)15-21(20)27-22(23(25)26)14-17-7-9-18(10-8-17)16(2)3/h7-12,14-16H,4-6,13,24H2,1-3H3/b22-14+. The minimum absolute atomic E-state index is 0.101. The molecular formula is C23H28N2O2. The van der Waals surface area contributed by atoms with Gasteiger partial charge in [-0.1, -0.05) is 57.9 Å². The van der Waals surface area contributed by atoms with Gasteiger partial charge < -0.3 is 15.4 Å². The fraction of sp³-hybridized carbons (Fsp3) is 0.348. The number of hydrogen-bond acceptors (Lipinski definition) is 3. The molecule has 0 radical (unpaired) electrons. The number of amides is 1. The number of carbonyl (C=O) groups excluding carboxylic acids is 1. The molecule has 0 unspecified atom stereocenters. The molecular weight excluding hydrogens is 336 g/mol. The van der Waals surface area contributed by atoms with Crippen LogP contribution in [0.3, 0.4) is 0 Å². The van der Waals surface area contributed by atoms with Crippen molar-refractivity contribution in [3.8, 4) is 5.75 Å². The van der Waals surface area contributed by atoms with Crippen LogP contribution in [0.5, 0.6) is 5.75 Å². The molecule has 0 fully saturated rings. The van der Waals surface area contributed by atoms with Crippen molar-refractivity contribution in [3.05, 3.63) is 59.4 Å². The fourth-order valence-corrected chi connectivity index (χ4v) is 3.20. The van der Waals surface area contributed by atoms with Crippen molar-refractivity contribution < 1.29 is 9.53 Å². The number of ether oxygens (including phenoxy) is 1. The van der Waals surface area contributed by atoms with E-state index in [1.54, 1.807) is 6.07 Å². The van der Waals surface area contributed by atoms with Crippen LogP contribution in [0.25, 0.3) is 6.08 Å². The van der Waals surface area contributed by atoms with Gasteiger partial charge in [-0.15, -0.1) is 0 Å². The molecule has 0 spiro atoms. The summed E-state index contributed by atoms with van der Waals surface area (Å²) in [5, 5.41) is 0. The number of nitrogens with two attached hydrogens (primary N) is 1. The minimum atomic E-state index is -0.101. The van der Waals surface area contributed by atoms with E-state index in [9.17, 15) is 4.79 Å². The SMILES string of the molecule is CCCCCN1C(=O)/C(=C\c2ccc(C(C)C)cc2)Oc2cc(N)ccc21. The minimum Gasteiger partial charge on any atom is -0.449 e. The van der Waals surface area contributed by atoms with E-state index in [4.69, 9.17) is 10.5 Å². The smallest absolute Gasteiger partial charge is 0.294 e. The maximum Gasteiger partial charge on any atom is 0.294 e. The number of unbranched alkanes of at least 4 members (excludes halogenated alkanes) is 2. The molecule has 0 saturated carbocycles. The Morgan fingerprint density at radius 1 is 1.11 bits per heavy atom. The summed E-state index contributed by atoms with van der Waals surface area (Å²) < 4.78 is 5.93. The maximum absolute atomic E-state index is 13.0. The summed E-state index contributed by atoms with van der Waals surface area (Å²) in [6, 6.07) is 13.7. The van der Waals surface area contributed by atoms with Gasteiger partial charge in [0.2, 0.25) is 0 Å². The molecule has 2 N–H and O–H groups in total. The van der Waals surface area contributed by atoms with Gasteiger partial charge in [0.05, 0.1) is 5.69 Å². The molecule has 142 valence electrons. The van der Waals surface area contributed by atoms with Crippen molar-refractivity contribution in [1.29, 1.82) is 0 Å². The molecule has 1 heterocycles. The highest BCUT2D eigenvalue weighted by Gasteiger charge is 2.30. The van der Waals surface area contributed by atoms with Crippen LogP contribution in [0, 0.1) is 0 Å². The van der Waals surface area contributed by atoms with E-state index < -0.39 is 0 Å². The molecule has 1 aliphatic rings. The first-order valence-corrected chi connectivity index (χ1v) is 9.70. The van der Waals surface area contributed by atoms with Crippen LogP contribution < -0.4 is 15.4 Å². The van der Waals surface area contributed by atoms with E-state index in [2.05, 4.69) is 32.9 Å². The first kappa shape index (κ1) is 19.0. The lowest BCUT2D eigenvalue weighted by Gasteiger charge is -2.30. The number of fused-ring (bicyclic) bond motifs is 1. The largest absolute Gasteiger partial charge is 0.449 e. The Kier molecular flexibility index (Phi) is 5.84. The number of carbonyl (C=O) groups is 1. The molecule has 0 atom stereocenters. The van der Waals surface area contributed by atoms with Crippen LogP contribution >= 0.6 is 0 Å². The third-order valence-corrected chi connectivity index (χ3v) is 4.84. The molecule has 4 nitrogen and oxygen atoms in total. The second-order valence-electron chi connectivity index (χ2n) is 7.32. The predicted molar refractivity (Wildman–Crippen MR) is 112 cm³/mol. The molecule has 2 aromatic rings. The number of hydrogen-bond donors (Lipinski definition) is 1. The molecule has 1 aliphatic heterocycles. The lowest BCUT2D eigenvalue weighted by molar-refractivity contribution is -0.117. The zero-order chi connectivity index (χ0) is 19.4. The predicted octanol–water partition coefficient (Wildman–Crippen LogP) is 5.35. The zero-order valence-corrected chi connectivity index (χ0v) is 16.4. The molecule has 0 aliphatic carbocycles. The highest BCUT2D eigenvalue weighted by molar-refractivity contribution is 6.10. The average Bonchev–Trinajstić information content (AvgIpc) is 2.65. The number of rotatable bonds is 6. The highest BCUT2D eigenvalue weighted by atomic mass is 16.5. The Bertz CT molecular complexity index is 838. The van der Waals surface area contributed by atoms with Crippen molar-refractivity contribution in [2.75, 3.05) is 17.2 Å². The first-order valence-electron chi connectivity index (χ1n) is 9.70. The summed E-state index contributed by atoms with van der Waals surface area (Å²) in [5.41, 5.74) is 9.55. The van der Waals surface area contributed by atoms with E-state index in [1.165, 1.54) is 5.56 Å². The van der Waals surface area contributed by atoms with Crippen LogP contribution in [0.2, 0.25) is 0 Å². The van der Waals surface area contributed by atoms with Gasteiger partial charge in [-0.3, -0.25) is 4.79 Å². The van der Waals surface area contributed by atoms with Crippen LogP contribution in [-0.4, -0.2) is 12.5 Å². The van der Waals surface area contributed by atoms with Crippen LogP contribution in [0.1, 0.15) is 57.1 Å². The molecule has 2 aromatic carbocycles. The Morgan fingerprint density at radius 2 is 1.85 bits per heavy atom. The summed E-state index contributed by atoms with van der Waals surface area (Å²) in [5.74, 6) is 1.34. The number of anilines is 2. The lowest BCUT2D eigenvalue weighted by Crippen LogP contribution is -2.38. The topological polar surface area (TPSA) is 55.6 Å². The van der Waals surface area contributed by atoms with Crippen LogP contribution in [0.4, 0.5) is 11.4 Å². The Hall–Kier alpha value is -2.75. The van der Waals surface area contributed by atoms with E-state index in [1.807, 2.05) is 35.2 Å². The Labute approximate surface area is 161 Å². The molecule has 0 bridgehead atoms. The second-order valence-corrected chi connectivity index (χ2v) is 7.32.